The van der Waals surface area contributed by atoms with Gasteiger partial charge in [-0.05, 0) is 88.1 Å². The molecule has 34 heavy (non-hydrogen) atoms. The standard InChI is InChI=1S/C26H28O8/c1-3-31-23(27)17-9-13-21(14-10-17)33-25(29)19-5-7-20(8-6-19)26(30)34-22-15-11-18(12-16-22)24(28)32-4-2/h9-16,19-20H,3-8H2,1-2H3. The minimum atomic E-state index is -0.430. The molecule has 0 aliphatic heterocycles. The summed E-state index contributed by atoms with van der Waals surface area (Å²) in [5.74, 6) is -1.48. The molecular formula is C26H28O8. The largest absolute Gasteiger partial charge is 0.462 e. The molecule has 2 aromatic rings. The lowest BCUT2D eigenvalue weighted by Crippen LogP contribution is -2.30. The van der Waals surface area contributed by atoms with Crippen molar-refractivity contribution in [3.05, 3.63) is 59.7 Å². The lowest BCUT2D eigenvalue weighted by Gasteiger charge is -2.25. The van der Waals surface area contributed by atoms with Crippen LogP contribution in [0.5, 0.6) is 11.5 Å². The Morgan fingerprint density at radius 3 is 1.24 bits per heavy atom. The van der Waals surface area contributed by atoms with Gasteiger partial charge >= 0.3 is 23.9 Å². The maximum absolute atomic E-state index is 12.5. The van der Waals surface area contributed by atoms with E-state index in [0.29, 0.717) is 48.3 Å². The molecule has 2 aromatic carbocycles. The first-order valence-corrected chi connectivity index (χ1v) is 11.4. The average molecular weight is 469 g/mol. The summed E-state index contributed by atoms with van der Waals surface area (Å²) in [7, 11) is 0. The molecule has 1 fully saturated rings. The van der Waals surface area contributed by atoms with Gasteiger partial charge in [-0.25, -0.2) is 9.59 Å². The average Bonchev–Trinajstić information content (AvgIpc) is 2.85. The highest BCUT2D eigenvalue weighted by Crippen LogP contribution is 2.31. The van der Waals surface area contributed by atoms with E-state index in [1.54, 1.807) is 62.4 Å². The molecule has 0 heterocycles. The number of carbonyl (C=O) groups excluding carboxylic acids is 4. The monoisotopic (exact) mass is 468 g/mol. The van der Waals surface area contributed by atoms with Crippen LogP contribution >= 0.6 is 0 Å². The first-order valence-electron chi connectivity index (χ1n) is 11.4. The highest BCUT2D eigenvalue weighted by atomic mass is 16.5. The molecule has 0 bridgehead atoms. The summed E-state index contributed by atoms with van der Waals surface area (Å²) in [5.41, 5.74) is 0.771. The third-order valence-electron chi connectivity index (χ3n) is 5.56. The Kier molecular flexibility index (Phi) is 8.79. The number of carbonyl (C=O) groups is 4. The number of benzene rings is 2. The molecule has 0 atom stereocenters. The molecule has 0 radical (unpaired) electrons. The van der Waals surface area contributed by atoms with E-state index in [1.807, 2.05) is 0 Å². The quantitative estimate of drug-likeness (QED) is 0.416. The molecule has 0 unspecified atom stereocenters. The minimum Gasteiger partial charge on any atom is -0.462 e. The Morgan fingerprint density at radius 1 is 0.618 bits per heavy atom. The Balaban J connectivity index is 1.46. The van der Waals surface area contributed by atoms with Gasteiger partial charge in [-0.2, -0.15) is 0 Å². The fraction of sp³-hybridized carbons (Fsp3) is 0.385. The smallest absolute Gasteiger partial charge is 0.338 e. The molecular weight excluding hydrogens is 440 g/mol. The Hall–Kier alpha value is -3.68. The van der Waals surface area contributed by atoms with E-state index in [2.05, 4.69) is 0 Å². The number of hydrogen-bond acceptors (Lipinski definition) is 8. The van der Waals surface area contributed by atoms with E-state index in [9.17, 15) is 19.2 Å². The van der Waals surface area contributed by atoms with E-state index in [4.69, 9.17) is 18.9 Å². The van der Waals surface area contributed by atoms with E-state index in [0.717, 1.165) is 0 Å². The normalized spacial score (nSPS) is 17.4. The van der Waals surface area contributed by atoms with Crippen molar-refractivity contribution >= 4 is 23.9 Å². The fourth-order valence-electron chi connectivity index (χ4n) is 3.71. The molecule has 0 aromatic heterocycles. The second-order valence-electron chi connectivity index (χ2n) is 7.88. The van der Waals surface area contributed by atoms with Crippen molar-refractivity contribution in [2.75, 3.05) is 13.2 Å². The molecule has 0 saturated heterocycles. The lowest BCUT2D eigenvalue weighted by molar-refractivity contribution is -0.145. The Labute approximate surface area is 198 Å². The first kappa shape index (κ1) is 25.0. The zero-order valence-electron chi connectivity index (χ0n) is 19.3. The van der Waals surface area contributed by atoms with Crippen LogP contribution < -0.4 is 9.47 Å². The number of ether oxygens (including phenoxy) is 4. The maximum atomic E-state index is 12.5. The predicted octanol–water partition coefficient (Wildman–Crippen LogP) is 4.36. The van der Waals surface area contributed by atoms with Crippen LogP contribution in [0, 0.1) is 11.8 Å². The molecule has 3 rings (SSSR count). The van der Waals surface area contributed by atoms with Gasteiger partial charge < -0.3 is 18.9 Å². The summed E-state index contributed by atoms with van der Waals surface area (Å²) in [5, 5.41) is 0. The summed E-state index contributed by atoms with van der Waals surface area (Å²) in [6, 6.07) is 12.4. The SMILES string of the molecule is CCOC(=O)c1ccc(OC(=O)C2CCC(C(=O)Oc3ccc(C(=O)OCC)cc3)CC2)cc1. The van der Waals surface area contributed by atoms with Gasteiger partial charge in [-0.1, -0.05) is 0 Å². The van der Waals surface area contributed by atoms with Crippen LogP contribution in [0.25, 0.3) is 0 Å². The van der Waals surface area contributed by atoms with Crippen LogP contribution in [0.1, 0.15) is 60.2 Å². The van der Waals surface area contributed by atoms with Crippen LogP contribution in [0.4, 0.5) is 0 Å². The fourth-order valence-corrected chi connectivity index (χ4v) is 3.71. The van der Waals surface area contributed by atoms with Crippen LogP contribution in [-0.4, -0.2) is 37.1 Å². The maximum Gasteiger partial charge on any atom is 0.338 e. The molecule has 0 amide bonds. The third-order valence-corrected chi connectivity index (χ3v) is 5.56. The molecule has 0 N–H and O–H groups in total. The molecule has 1 aliphatic rings. The third kappa shape index (κ3) is 6.66. The van der Waals surface area contributed by atoms with Gasteiger partial charge in [0.1, 0.15) is 11.5 Å². The molecule has 180 valence electrons. The number of hydrogen-bond donors (Lipinski definition) is 0. The summed E-state index contributed by atoms with van der Waals surface area (Å²) < 4.78 is 20.7. The van der Waals surface area contributed by atoms with Crippen molar-refractivity contribution in [1.82, 2.24) is 0 Å². The van der Waals surface area contributed by atoms with Gasteiger partial charge in [-0.15, -0.1) is 0 Å². The van der Waals surface area contributed by atoms with Gasteiger partial charge in [0.2, 0.25) is 0 Å². The number of esters is 4. The van der Waals surface area contributed by atoms with Gasteiger partial charge in [0, 0.05) is 0 Å². The second-order valence-corrected chi connectivity index (χ2v) is 7.88. The van der Waals surface area contributed by atoms with Crippen molar-refractivity contribution < 1.29 is 38.1 Å². The van der Waals surface area contributed by atoms with Crippen molar-refractivity contribution in [1.29, 1.82) is 0 Å². The van der Waals surface area contributed by atoms with Gasteiger partial charge in [-0.3, -0.25) is 9.59 Å². The zero-order chi connectivity index (χ0) is 24.5. The van der Waals surface area contributed by atoms with E-state index in [-0.39, 0.29) is 37.0 Å². The van der Waals surface area contributed by atoms with Gasteiger partial charge in [0.15, 0.2) is 0 Å². The van der Waals surface area contributed by atoms with Crippen molar-refractivity contribution in [2.45, 2.75) is 39.5 Å². The van der Waals surface area contributed by atoms with Crippen LogP contribution in [0.3, 0.4) is 0 Å². The summed E-state index contributed by atoms with van der Waals surface area (Å²) >= 11 is 0. The van der Waals surface area contributed by atoms with Crippen LogP contribution in [-0.2, 0) is 19.1 Å². The van der Waals surface area contributed by atoms with Crippen molar-refractivity contribution in [2.24, 2.45) is 11.8 Å². The highest BCUT2D eigenvalue weighted by Gasteiger charge is 2.32. The molecule has 8 nitrogen and oxygen atoms in total. The van der Waals surface area contributed by atoms with E-state index < -0.39 is 11.9 Å². The topological polar surface area (TPSA) is 105 Å². The summed E-state index contributed by atoms with van der Waals surface area (Å²) in [4.78, 5) is 48.5. The highest BCUT2D eigenvalue weighted by molar-refractivity contribution is 5.90. The summed E-state index contributed by atoms with van der Waals surface area (Å²) in [6.45, 7) is 4.03. The van der Waals surface area contributed by atoms with Crippen molar-refractivity contribution in [3.63, 3.8) is 0 Å². The molecule has 8 heteroatoms. The predicted molar refractivity (Wildman–Crippen MR) is 122 cm³/mol. The van der Waals surface area contributed by atoms with Crippen LogP contribution in [0.15, 0.2) is 48.5 Å². The van der Waals surface area contributed by atoms with Gasteiger partial charge in [0.25, 0.3) is 0 Å². The minimum absolute atomic E-state index is 0.285. The van der Waals surface area contributed by atoms with E-state index in [1.165, 1.54) is 0 Å². The van der Waals surface area contributed by atoms with Gasteiger partial charge in [0.05, 0.1) is 36.2 Å². The zero-order valence-corrected chi connectivity index (χ0v) is 19.3. The Morgan fingerprint density at radius 2 is 0.941 bits per heavy atom. The van der Waals surface area contributed by atoms with Crippen molar-refractivity contribution in [3.8, 4) is 11.5 Å². The van der Waals surface area contributed by atoms with E-state index >= 15 is 0 Å². The Bertz CT molecular complexity index is 919. The van der Waals surface area contributed by atoms with Crippen LogP contribution in [0.2, 0.25) is 0 Å². The first-order chi connectivity index (χ1) is 16.4. The number of rotatable bonds is 8. The summed E-state index contributed by atoms with van der Waals surface area (Å²) in [6.07, 6.45) is 2.06. The second kappa shape index (κ2) is 12.0. The molecule has 0 spiro atoms. The molecule has 1 aliphatic carbocycles. The molecule has 1 saturated carbocycles. The lowest BCUT2D eigenvalue weighted by atomic mass is 9.82.